The molecular formula is C14H14N4O2S. The highest BCUT2D eigenvalue weighted by molar-refractivity contribution is 7.08. The van der Waals surface area contributed by atoms with Crippen molar-refractivity contribution in [1.82, 2.24) is 20.5 Å². The van der Waals surface area contributed by atoms with Gasteiger partial charge >= 0.3 is 12.1 Å². The zero-order chi connectivity index (χ0) is 14.7. The van der Waals surface area contributed by atoms with Crippen LogP contribution in [0.15, 0.2) is 35.2 Å². The van der Waals surface area contributed by atoms with Crippen LogP contribution in [-0.4, -0.2) is 35.0 Å². The number of nitrogens with zero attached hydrogens (tertiary/aromatic N) is 2. The van der Waals surface area contributed by atoms with Gasteiger partial charge in [0.1, 0.15) is 0 Å². The maximum Gasteiger partial charge on any atom is 0.325 e. The average molecular weight is 302 g/mol. The van der Waals surface area contributed by atoms with E-state index in [-0.39, 0.29) is 12.1 Å². The lowest BCUT2D eigenvalue weighted by Crippen LogP contribution is -2.41. The molecule has 2 aromatic heterocycles. The van der Waals surface area contributed by atoms with E-state index in [0.29, 0.717) is 19.6 Å². The van der Waals surface area contributed by atoms with Crippen LogP contribution >= 0.6 is 11.3 Å². The van der Waals surface area contributed by atoms with Gasteiger partial charge in [0.05, 0.1) is 5.69 Å². The second-order valence-corrected chi connectivity index (χ2v) is 5.38. The topological polar surface area (TPSA) is 74.3 Å². The molecule has 108 valence electrons. The molecule has 1 fully saturated rings. The van der Waals surface area contributed by atoms with Crippen molar-refractivity contribution < 1.29 is 9.59 Å². The van der Waals surface area contributed by atoms with E-state index in [1.54, 1.807) is 17.5 Å². The molecule has 21 heavy (non-hydrogen) atoms. The summed E-state index contributed by atoms with van der Waals surface area (Å²) in [5.74, 6) is 0. The number of imide groups is 1. The Morgan fingerprint density at radius 3 is 3.10 bits per heavy atom. The zero-order valence-corrected chi connectivity index (χ0v) is 12.0. The average Bonchev–Trinajstić information content (AvgIpc) is 3.16. The first-order valence-corrected chi connectivity index (χ1v) is 7.49. The molecule has 4 amide bonds. The van der Waals surface area contributed by atoms with Gasteiger partial charge in [-0.15, -0.1) is 0 Å². The molecule has 6 nitrogen and oxygen atoms in total. The van der Waals surface area contributed by atoms with Gasteiger partial charge in [-0.05, 0) is 29.1 Å². The SMILES string of the molecule is O=C1NCCN1C(=O)NCc1ccnc(-c2ccsc2)c1. The molecule has 2 aromatic rings. The highest BCUT2D eigenvalue weighted by Gasteiger charge is 2.25. The van der Waals surface area contributed by atoms with E-state index in [0.717, 1.165) is 16.8 Å². The van der Waals surface area contributed by atoms with E-state index < -0.39 is 0 Å². The van der Waals surface area contributed by atoms with Crippen LogP contribution < -0.4 is 10.6 Å². The predicted molar refractivity (Wildman–Crippen MR) is 79.9 cm³/mol. The van der Waals surface area contributed by atoms with Gasteiger partial charge in [0, 0.05) is 36.8 Å². The number of urea groups is 2. The summed E-state index contributed by atoms with van der Waals surface area (Å²) in [7, 11) is 0. The van der Waals surface area contributed by atoms with Gasteiger partial charge in [-0.2, -0.15) is 11.3 Å². The summed E-state index contributed by atoms with van der Waals surface area (Å²) in [4.78, 5) is 28.7. The first kappa shape index (κ1) is 13.6. The Hall–Kier alpha value is -2.41. The largest absolute Gasteiger partial charge is 0.336 e. The summed E-state index contributed by atoms with van der Waals surface area (Å²) < 4.78 is 0. The van der Waals surface area contributed by atoms with Gasteiger partial charge in [-0.1, -0.05) is 0 Å². The van der Waals surface area contributed by atoms with Crippen LogP contribution in [0, 0.1) is 0 Å². The van der Waals surface area contributed by atoms with Crippen molar-refractivity contribution in [2.24, 2.45) is 0 Å². The van der Waals surface area contributed by atoms with Crippen molar-refractivity contribution in [2.45, 2.75) is 6.54 Å². The lowest BCUT2D eigenvalue weighted by Gasteiger charge is -2.13. The fraction of sp³-hybridized carbons (Fsp3) is 0.214. The normalized spacial score (nSPS) is 14.1. The first-order valence-electron chi connectivity index (χ1n) is 6.55. The number of rotatable bonds is 3. The van der Waals surface area contributed by atoms with Crippen LogP contribution in [-0.2, 0) is 6.54 Å². The van der Waals surface area contributed by atoms with Crippen LogP contribution in [0.1, 0.15) is 5.56 Å². The molecular weight excluding hydrogens is 288 g/mol. The van der Waals surface area contributed by atoms with Crippen molar-refractivity contribution in [2.75, 3.05) is 13.1 Å². The van der Waals surface area contributed by atoms with E-state index in [9.17, 15) is 9.59 Å². The Morgan fingerprint density at radius 1 is 1.48 bits per heavy atom. The Bertz CT molecular complexity index is 657. The van der Waals surface area contributed by atoms with Gasteiger partial charge in [-0.25, -0.2) is 14.5 Å². The standard InChI is InChI=1S/C14H14N4O2S/c19-13-16-4-5-18(13)14(20)17-8-10-1-3-15-12(7-10)11-2-6-21-9-11/h1-3,6-7,9H,4-5,8H2,(H,16,19)(H,17,20). The van der Waals surface area contributed by atoms with Crippen LogP contribution in [0.5, 0.6) is 0 Å². The number of amides is 4. The first-order chi connectivity index (χ1) is 10.2. The van der Waals surface area contributed by atoms with E-state index in [2.05, 4.69) is 15.6 Å². The van der Waals surface area contributed by atoms with E-state index in [1.165, 1.54) is 4.90 Å². The van der Waals surface area contributed by atoms with Gasteiger partial charge in [0.25, 0.3) is 0 Å². The zero-order valence-electron chi connectivity index (χ0n) is 11.2. The molecule has 1 aliphatic heterocycles. The molecule has 0 bridgehead atoms. The van der Waals surface area contributed by atoms with Crippen molar-refractivity contribution in [3.63, 3.8) is 0 Å². The van der Waals surface area contributed by atoms with Crippen LogP contribution in [0.4, 0.5) is 9.59 Å². The van der Waals surface area contributed by atoms with Crippen LogP contribution in [0.2, 0.25) is 0 Å². The Kier molecular flexibility index (Phi) is 3.83. The predicted octanol–water partition coefficient (Wildman–Crippen LogP) is 2.04. The van der Waals surface area contributed by atoms with E-state index in [1.807, 2.05) is 29.0 Å². The third kappa shape index (κ3) is 3.03. The van der Waals surface area contributed by atoms with Gasteiger partial charge in [0.2, 0.25) is 0 Å². The summed E-state index contributed by atoms with van der Waals surface area (Å²) in [5, 5.41) is 9.36. The minimum Gasteiger partial charge on any atom is -0.336 e. The number of pyridine rings is 1. The molecule has 3 heterocycles. The Labute approximate surface area is 125 Å². The second kappa shape index (κ2) is 5.92. The molecule has 0 atom stereocenters. The lowest BCUT2D eigenvalue weighted by atomic mass is 10.1. The maximum absolute atomic E-state index is 11.9. The number of nitrogens with one attached hydrogen (secondary N) is 2. The second-order valence-electron chi connectivity index (χ2n) is 4.60. The molecule has 0 aromatic carbocycles. The Morgan fingerprint density at radius 2 is 2.38 bits per heavy atom. The Balaban J connectivity index is 1.64. The molecule has 0 radical (unpaired) electrons. The summed E-state index contributed by atoms with van der Waals surface area (Å²) in [6, 6.07) is 5.07. The summed E-state index contributed by atoms with van der Waals surface area (Å²) in [6.45, 7) is 1.27. The molecule has 1 saturated heterocycles. The van der Waals surface area contributed by atoms with Gasteiger partial charge < -0.3 is 10.6 Å². The maximum atomic E-state index is 11.9. The number of thiophene rings is 1. The van der Waals surface area contributed by atoms with E-state index >= 15 is 0 Å². The fourth-order valence-electron chi connectivity index (χ4n) is 2.09. The minimum atomic E-state index is -0.376. The number of carbonyl (C=O) groups excluding carboxylic acids is 2. The molecule has 0 unspecified atom stereocenters. The summed E-state index contributed by atoms with van der Waals surface area (Å²) in [6.07, 6.45) is 1.72. The molecule has 0 aliphatic carbocycles. The number of hydrogen-bond donors (Lipinski definition) is 2. The van der Waals surface area contributed by atoms with Crippen LogP contribution in [0.3, 0.4) is 0 Å². The van der Waals surface area contributed by atoms with E-state index in [4.69, 9.17) is 0 Å². The summed E-state index contributed by atoms with van der Waals surface area (Å²) >= 11 is 1.61. The fourth-order valence-corrected chi connectivity index (χ4v) is 2.74. The number of hydrogen-bond acceptors (Lipinski definition) is 4. The highest BCUT2D eigenvalue weighted by Crippen LogP contribution is 2.20. The monoisotopic (exact) mass is 302 g/mol. The molecule has 1 aliphatic rings. The minimum absolute atomic E-state index is 0.346. The third-order valence-electron chi connectivity index (χ3n) is 3.19. The highest BCUT2D eigenvalue weighted by atomic mass is 32.1. The van der Waals surface area contributed by atoms with Crippen molar-refractivity contribution in [1.29, 1.82) is 0 Å². The smallest absolute Gasteiger partial charge is 0.325 e. The molecule has 7 heteroatoms. The van der Waals surface area contributed by atoms with Crippen LogP contribution in [0.25, 0.3) is 11.3 Å². The molecule has 0 saturated carbocycles. The summed E-state index contributed by atoms with van der Waals surface area (Å²) in [5.41, 5.74) is 2.88. The van der Waals surface area contributed by atoms with Crippen molar-refractivity contribution >= 4 is 23.4 Å². The molecule has 3 rings (SSSR count). The third-order valence-corrected chi connectivity index (χ3v) is 3.87. The molecule has 0 spiro atoms. The lowest BCUT2D eigenvalue weighted by molar-refractivity contribution is 0.198. The quantitative estimate of drug-likeness (QED) is 0.911. The van der Waals surface area contributed by atoms with Gasteiger partial charge in [0.15, 0.2) is 0 Å². The molecule has 2 N–H and O–H groups in total. The van der Waals surface area contributed by atoms with Crippen molar-refractivity contribution in [3.8, 4) is 11.3 Å². The van der Waals surface area contributed by atoms with Crippen molar-refractivity contribution in [3.05, 3.63) is 40.7 Å². The number of carbonyl (C=O) groups is 2. The van der Waals surface area contributed by atoms with Gasteiger partial charge in [-0.3, -0.25) is 4.98 Å². The number of aromatic nitrogens is 1.